The highest BCUT2D eigenvalue weighted by Crippen LogP contribution is 2.59. The van der Waals surface area contributed by atoms with Crippen LogP contribution in [-0.4, -0.2) is 68.2 Å². The third-order valence-electron chi connectivity index (χ3n) is 8.40. The standard InChI is InChI=1S/C25H43NO5/c1-16(7-5-11-24(2,3)31)18-9-10-19-17(8-6-12-25(18,19)4)13-22(29)26-14-20(27)23(30)21(28)15-26/h13,16,18-21,23,27-28,30-31H,5-12,14-15H2,1-4H3/b17-13+/t16-,18-,19+,20-,21-,25-/m1/s1. The zero-order valence-corrected chi connectivity index (χ0v) is 19.8. The monoisotopic (exact) mass is 437 g/mol. The number of likely N-dealkylation sites (tertiary alicyclic amines) is 1. The van der Waals surface area contributed by atoms with Crippen LogP contribution in [0.1, 0.15) is 79.1 Å². The average molecular weight is 438 g/mol. The summed E-state index contributed by atoms with van der Waals surface area (Å²) in [6.45, 7) is 8.63. The van der Waals surface area contributed by atoms with Gasteiger partial charge in [0, 0.05) is 19.2 Å². The molecule has 6 nitrogen and oxygen atoms in total. The van der Waals surface area contributed by atoms with Crippen molar-refractivity contribution in [2.75, 3.05) is 13.1 Å². The molecule has 1 aliphatic heterocycles. The van der Waals surface area contributed by atoms with Gasteiger partial charge in [0.25, 0.3) is 0 Å². The van der Waals surface area contributed by atoms with Crippen molar-refractivity contribution in [3.8, 4) is 0 Å². The molecule has 3 aliphatic rings. The molecule has 6 atom stereocenters. The summed E-state index contributed by atoms with van der Waals surface area (Å²) in [4.78, 5) is 14.4. The van der Waals surface area contributed by atoms with Crippen molar-refractivity contribution >= 4 is 5.91 Å². The van der Waals surface area contributed by atoms with Crippen molar-refractivity contribution in [3.05, 3.63) is 11.6 Å². The maximum absolute atomic E-state index is 12.9. The van der Waals surface area contributed by atoms with E-state index in [4.69, 9.17) is 0 Å². The number of fused-ring (bicyclic) bond motifs is 1. The van der Waals surface area contributed by atoms with Crippen molar-refractivity contribution in [2.45, 2.75) is 103 Å². The first-order valence-corrected chi connectivity index (χ1v) is 12.2. The largest absolute Gasteiger partial charge is 0.390 e. The minimum absolute atomic E-state index is 0.0592. The van der Waals surface area contributed by atoms with Crippen molar-refractivity contribution in [1.29, 1.82) is 0 Å². The van der Waals surface area contributed by atoms with E-state index in [-0.39, 0.29) is 24.4 Å². The molecule has 0 bridgehead atoms. The van der Waals surface area contributed by atoms with E-state index in [1.807, 2.05) is 13.8 Å². The Balaban J connectivity index is 1.67. The molecule has 0 spiro atoms. The molecular formula is C25H43NO5. The Morgan fingerprint density at radius 3 is 2.48 bits per heavy atom. The SMILES string of the molecule is C[C@H](CCCC(C)(C)O)[C@H]1CC[C@H]2/C(=C/C(=O)N3C[C@@H](O)C(O)[C@H](O)C3)CCC[C@]12C. The second kappa shape index (κ2) is 9.50. The van der Waals surface area contributed by atoms with E-state index in [0.29, 0.717) is 17.8 Å². The lowest BCUT2D eigenvalue weighted by Crippen LogP contribution is -2.56. The van der Waals surface area contributed by atoms with Crippen molar-refractivity contribution < 1.29 is 25.2 Å². The predicted molar refractivity (Wildman–Crippen MR) is 120 cm³/mol. The molecule has 6 heteroatoms. The molecule has 0 unspecified atom stereocenters. The number of allylic oxidation sites excluding steroid dienone is 1. The molecule has 1 amide bonds. The van der Waals surface area contributed by atoms with Gasteiger partial charge >= 0.3 is 0 Å². The zero-order chi connectivity index (χ0) is 23.0. The zero-order valence-electron chi connectivity index (χ0n) is 19.8. The highest BCUT2D eigenvalue weighted by atomic mass is 16.4. The third kappa shape index (κ3) is 5.52. The first-order chi connectivity index (χ1) is 14.4. The molecule has 0 radical (unpaired) electrons. The number of aliphatic hydroxyl groups excluding tert-OH is 3. The number of nitrogens with zero attached hydrogens (tertiary/aromatic N) is 1. The highest BCUT2D eigenvalue weighted by Gasteiger charge is 2.50. The van der Waals surface area contributed by atoms with Gasteiger partial charge in [-0.05, 0) is 75.5 Å². The van der Waals surface area contributed by atoms with Crippen molar-refractivity contribution in [1.82, 2.24) is 4.90 Å². The summed E-state index contributed by atoms with van der Waals surface area (Å²) in [6, 6.07) is 0. The Morgan fingerprint density at radius 1 is 1.23 bits per heavy atom. The van der Waals surface area contributed by atoms with E-state index in [9.17, 15) is 25.2 Å². The number of hydrogen-bond acceptors (Lipinski definition) is 5. The van der Waals surface area contributed by atoms with Crippen molar-refractivity contribution in [2.24, 2.45) is 23.2 Å². The number of amides is 1. The Morgan fingerprint density at radius 2 is 1.87 bits per heavy atom. The molecule has 0 aromatic heterocycles. The Bertz CT molecular complexity index is 659. The first-order valence-electron chi connectivity index (χ1n) is 12.2. The van der Waals surface area contributed by atoms with Crippen LogP contribution in [0.25, 0.3) is 0 Å². The minimum atomic E-state index is -1.19. The Kier molecular flexibility index (Phi) is 7.57. The fraction of sp³-hybridized carbons (Fsp3) is 0.880. The Labute approximate surface area is 187 Å². The molecule has 31 heavy (non-hydrogen) atoms. The van der Waals surface area contributed by atoms with Gasteiger partial charge in [0.15, 0.2) is 0 Å². The second-order valence-electron chi connectivity index (χ2n) is 11.4. The van der Waals surface area contributed by atoms with Crippen LogP contribution < -0.4 is 0 Å². The number of piperidine rings is 1. The summed E-state index contributed by atoms with van der Waals surface area (Å²) < 4.78 is 0. The van der Waals surface area contributed by atoms with E-state index in [0.717, 1.165) is 38.5 Å². The lowest BCUT2D eigenvalue weighted by molar-refractivity contribution is -0.144. The van der Waals surface area contributed by atoms with Crippen LogP contribution in [0.4, 0.5) is 0 Å². The van der Waals surface area contributed by atoms with Gasteiger partial charge in [-0.1, -0.05) is 32.3 Å². The lowest BCUT2D eigenvalue weighted by Gasteiger charge is -2.44. The normalized spacial score (nSPS) is 37.2. The minimum Gasteiger partial charge on any atom is -0.390 e. The van der Waals surface area contributed by atoms with Crippen LogP contribution >= 0.6 is 0 Å². The number of hydrogen-bond donors (Lipinski definition) is 4. The van der Waals surface area contributed by atoms with Crippen LogP contribution in [0.2, 0.25) is 0 Å². The second-order valence-corrected chi connectivity index (χ2v) is 11.4. The molecule has 178 valence electrons. The first kappa shape index (κ1) is 24.7. The highest BCUT2D eigenvalue weighted by molar-refractivity contribution is 5.88. The molecule has 3 rings (SSSR count). The number of aliphatic hydroxyl groups is 4. The maximum atomic E-state index is 12.9. The summed E-state index contributed by atoms with van der Waals surface area (Å²) in [7, 11) is 0. The molecule has 3 fully saturated rings. The van der Waals surface area contributed by atoms with Crippen LogP contribution in [0.3, 0.4) is 0 Å². The predicted octanol–water partition coefficient (Wildman–Crippen LogP) is 2.63. The fourth-order valence-corrected chi connectivity index (χ4v) is 6.67. The van der Waals surface area contributed by atoms with E-state index in [1.54, 1.807) is 6.08 Å². The van der Waals surface area contributed by atoms with Gasteiger partial charge in [0.05, 0.1) is 5.60 Å². The molecule has 1 saturated heterocycles. The van der Waals surface area contributed by atoms with Gasteiger partial charge in [-0.15, -0.1) is 0 Å². The van der Waals surface area contributed by atoms with E-state index >= 15 is 0 Å². The smallest absolute Gasteiger partial charge is 0.246 e. The third-order valence-corrected chi connectivity index (χ3v) is 8.40. The lowest BCUT2D eigenvalue weighted by atomic mass is 9.60. The summed E-state index contributed by atoms with van der Waals surface area (Å²) in [5.74, 6) is 1.48. The average Bonchev–Trinajstić information content (AvgIpc) is 3.02. The van der Waals surface area contributed by atoms with Crippen LogP contribution in [-0.2, 0) is 4.79 Å². The van der Waals surface area contributed by atoms with Gasteiger partial charge in [-0.3, -0.25) is 4.79 Å². The van der Waals surface area contributed by atoms with Crippen LogP contribution in [0, 0.1) is 23.2 Å². The number of carbonyl (C=O) groups excluding carboxylic acids is 1. The van der Waals surface area contributed by atoms with E-state index in [1.165, 1.54) is 23.3 Å². The number of β-amino-alcohol motifs (C(OH)–C–C–N with tert-alkyl or cyclic N) is 2. The topological polar surface area (TPSA) is 101 Å². The van der Waals surface area contributed by atoms with E-state index < -0.39 is 23.9 Å². The maximum Gasteiger partial charge on any atom is 0.246 e. The molecule has 0 aromatic carbocycles. The Hall–Kier alpha value is -0.950. The molecule has 1 heterocycles. The van der Waals surface area contributed by atoms with Crippen molar-refractivity contribution in [3.63, 3.8) is 0 Å². The van der Waals surface area contributed by atoms with Gasteiger partial charge in [-0.2, -0.15) is 0 Å². The molecular weight excluding hydrogens is 394 g/mol. The fourth-order valence-electron chi connectivity index (χ4n) is 6.67. The summed E-state index contributed by atoms with van der Waals surface area (Å²) in [6.07, 6.45) is 6.86. The molecule has 2 saturated carbocycles. The van der Waals surface area contributed by atoms with Crippen LogP contribution in [0.5, 0.6) is 0 Å². The number of rotatable bonds is 6. The summed E-state index contributed by atoms with van der Waals surface area (Å²) >= 11 is 0. The van der Waals surface area contributed by atoms with Crippen LogP contribution in [0.15, 0.2) is 11.6 Å². The summed E-state index contributed by atoms with van der Waals surface area (Å²) in [5.41, 5.74) is 0.824. The van der Waals surface area contributed by atoms with Gasteiger partial charge in [-0.25, -0.2) is 0 Å². The quantitative estimate of drug-likeness (QED) is 0.479. The molecule has 4 N–H and O–H groups in total. The number of carbonyl (C=O) groups is 1. The van der Waals surface area contributed by atoms with Gasteiger partial charge in [0.1, 0.15) is 18.3 Å². The molecule has 2 aliphatic carbocycles. The van der Waals surface area contributed by atoms with Gasteiger partial charge < -0.3 is 25.3 Å². The van der Waals surface area contributed by atoms with Gasteiger partial charge in [0.2, 0.25) is 5.91 Å². The molecule has 0 aromatic rings. The summed E-state index contributed by atoms with van der Waals surface area (Å²) in [5, 5.41) is 39.6. The van der Waals surface area contributed by atoms with E-state index in [2.05, 4.69) is 13.8 Å².